The quantitative estimate of drug-likeness (QED) is 0.548. The molecule has 5 rings (SSSR count). The molecule has 3 aromatic rings. The fourth-order valence-electron chi connectivity index (χ4n) is 3.20. The summed E-state index contributed by atoms with van der Waals surface area (Å²) < 4.78 is 3.55. The molecule has 28 heavy (non-hydrogen) atoms. The molecule has 8 nitrogen and oxygen atoms in total. The molecule has 2 aromatic heterocycles. The second-order valence-corrected chi connectivity index (χ2v) is 9.11. The predicted molar refractivity (Wildman–Crippen MR) is 108 cm³/mol. The maximum Gasteiger partial charge on any atom is 0.344 e. The van der Waals surface area contributed by atoms with Gasteiger partial charge in [-0.3, -0.25) is 9.13 Å². The number of hydrogen-bond donors (Lipinski definition) is 2. The lowest BCUT2D eigenvalue weighted by atomic mass is 10.2. The summed E-state index contributed by atoms with van der Waals surface area (Å²) in [5.41, 5.74) is 2.14. The Kier molecular flexibility index (Phi) is 4.67. The van der Waals surface area contributed by atoms with E-state index in [9.17, 15) is 9.59 Å². The van der Waals surface area contributed by atoms with Crippen molar-refractivity contribution in [1.29, 1.82) is 0 Å². The standard InChI is InChI=1S/C18H20N6O2S2/c25-15-19-21-17(23(15)13-4-5-13)27-9-11-2-1-3-12(8-11)10-28-18-22-20-16(26)24(18)14-6-7-14/h1-3,8,13-14H,4-7,9-10H2,(H,19,25)(H,20,26). The first-order valence-electron chi connectivity index (χ1n) is 9.36. The van der Waals surface area contributed by atoms with E-state index in [1.54, 1.807) is 32.7 Å². The summed E-state index contributed by atoms with van der Waals surface area (Å²) in [5.74, 6) is 1.51. The lowest BCUT2D eigenvalue weighted by Crippen LogP contribution is -2.16. The Bertz CT molecular complexity index is 1020. The van der Waals surface area contributed by atoms with Crippen LogP contribution in [-0.4, -0.2) is 29.5 Å². The second kappa shape index (κ2) is 7.32. The van der Waals surface area contributed by atoms with Crippen molar-refractivity contribution in [2.24, 2.45) is 0 Å². The Morgan fingerprint density at radius 1 is 0.857 bits per heavy atom. The lowest BCUT2D eigenvalue weighted by Gasteiger charge is -2.07. The third-order valence-electron chi connectivity index (χ3n) is 4.90. The Labute approximate surface area is 169 Å². The first kappa shape index (κ1) is 17.9. The lowest BCUT2D eigenvalue weighted by molar-refractivity contribution is 0.642. The van der Waals surface area contributed by atoms with Crippen LogP contribution in [0.2, 0.25) is 0 Å². The van der Waals surface area contributed by atoms with E-state index in [0.717, 1.165) is 47.5 Å². The minimum atomic E-state index is -0.115. The average molecular weight is 417 g/mol. The maximum atomic E-state index is 11.9. The summed E-state index contributed by atoms with van der Waals surface area (Å²) in [4.78, 5) is 23.8. The molecule has 2 aliphatic carbocycles. The van der Waals surface area contributed by atoms with Crippen molar-refractivity contribution in [3.8, 4) is 0 Å². The van der Waals surface area contributed by atoms with Gasteiger partial charge >= 0.3 is 11.4 Å². The first-order chi connectivity index (χ1) is 13.7. The van der Waals surface area contributed by atoms with Crippen LogP contribution in [-0.2, 0) is 11.5 Å². The van der Waals surface area contributed by atoms with E-state index in [-0.39, 0.29) is 11.4 Å². The number of benzene rings is 1. The Morgan fingerprint density at radius 3 is 1.75 bits per heavy atom. The van der Waals surface area contributed by atoms with Crippen molar-refractivity contribution < 1.29 is 0 Å². The van der Waals surface area contributed by atoms with Gasteiger partial charge in [0.05, 0.1) is 0 Å². The van der Waals surface area contributed by atoms with E-state index < -0.39 is 0 Å². The molecule has 0 bridgehead atoms. The van der Waals surface area contributed by atoms with Crippen molar-refractivity contribution in [3.63, 3.8) is 0 Å². The number of H-pyrrole nitrogens is 2. The van der Waals surface area contributed by atoms with Crippen LogP contribution in [0.5, 0.6) is 0 Å². The van der Waals surface area contributed by atoms with Gasteiger partial charge in [-0.15, -0.1) is 10.2 Å². The van der Waals surface area contributed by atoms with Crippen LogP contribution in [0.15, 0.2) is 44.2 Å². The number of nitrogens with zero attached hydrogens (tertiary/aromatic N) is 4. The summed E-state index contributed by atoms with van der Waals surface area (Å²) in [6, 6.07) is 9.01. The highest BCUT2D eigenvalue weighted by atomic mass is 32.2. The monoisotopic (exact) mass is 416 g/mol. The summed E-state index contributed by atoms with van der Waals surface area (Å²) >= 11 is 3.16. The van der Waals surface area contributed by atoms with Crippen molar-refractivity contribution in [3.05, 3.63) is 56.4 Å². The van der Waals surface area contributed by atoms with E-state index >= 15 is 0 Å². The highest BCUT2D eigenvalue weighted by Crippen LogP contribution is 2.37. The third-order valence-corrected chi connectivity index (χ3v) is 6.94. The Hall–Kier alpha value is -2.20. The molecule has 2 aliphatic rings. The number of hydrogen-bond acceptors (Lipinski definition) is 6. The zero-order valence-corrected chi connectivity index (χ0v) is 16.8. The molecule has 0 amide bonds. The van der Waals surface area contributed by atoms with Crippen LogP contribution in [0.1, 0.15) is 48.9 Å². The molecule has 2 heterocycles. The van der Waals surface area contributed by atoms with Gasteiger partial charge in [-0.2, -0.15) is 0 Å². The Balaban J connectivity index is 1.24. The summed E-state index contributed by atoms with van der Waals surface area (Å²) in [7, 11) is 0. The molecule has 1 aromatic carbocycles. The van der Waals surface area contributed by atoms with E-state index in [1.807, 2.05) is 6.07 Å². The summed E-state index contributed by atoms with van der Waals surface area (Å²) in [5, 5.41) is 15.0. The fraction of sp³-hybridized carbons (Fsp3) is 0.444. The highest BCUT2D eigenvalue weighted by molar-refractivity contribution is 7.98. The SMILES string of the molecule is O=c1[nH]nc(SCc2cccc(CSc3n[nH]c(=O)n3C3CC3)c2)n1C1CC1. The van der Waals surface area contributed by atoms with E-state index in [1.165, 1.54) is 11.1 Å². The molecule has 2 fully saturated rings. The van der Waals surface area contributed by atoms with Crippen molar-refractivity contribution in [2.75, 3.05) is 0 Å². The van der Waals surface area contributed by atoms with Gasteiger partial charge in [0.15, 0.2) is 10.3 Å². The van der Waals surface area contributed by atoms with Crippen LogP contribution in [0.3, 0.4) is 0 Å². The van der Waals surface area contributed by atoms with Crippen LogP contribution in [0, 0.1) is 0 Å². The molecular formula is C18H20N6O2S2. The zero-order valence-electron chi connectivity index (χ0n) is 15.1. The predicted octanol–water partition coefficient (Wildman–Crippen LogP) is 2.71. The van der Waals surface area contributed by atoms with Gasteiger partial charge in [-0.1, -0.05) is 47.8 Å². The summed E-state index contributed by atoms with van der Waals surface area (Å²) in [6.45, 7) is 0. The minimum Gasteiger partial charge on any atom is -0.267 e. The van der Waals surface area contributed by atoms with E-state index in [4.69, 9.17) is 0 Å². The van der Waals surface area contributed by atoms with Gasteiger partial charge in [0.25, 0.3) is 0 Å². The largest absolute Gasteiger partial charge is 0.344 e. The normalized spacial score (nSPS) is 16.6. The van der Waals surface area contributed by atoms with Crippen LogP contribution in [0.4, 0.5) is 0 Å². The molecule has 0 unspecified atom stereocenters. The van der Waals surface area contributed by atoms with Crippen LogP contribution < -0.4 is 11.4 Å². The van der Waals surface area contributed by atoms with E-state index in [2.05, 4.69) is 38.6 Å². The second-order valence-electron chi connectivity index (χ2n) is 7.22. The van der Waals surface area contributed by atoms with Gasteiger partial charge in [-0.05, 0) is 36.8 Å². The molecular weight excluding hydrogens is 396 g/mol. The molecule has 0 radical (unpaired) electrons. The van der Waals surface area contributed by atoms with Crippen molar-refractivity contribution in [2.45, 2.75) is 59.6 Å². The Morgan fingerprint density at radius 2 is 1.32 bits per heavy atom. The van der Waals surface area contributed by atoms with Gasteiger partial charge in [0.1, 0.15) is 0 Å². The van der Waals surface area contributed by atoms with Gasteiger partial charge in [0.2, 0.25) is 0 Å². The van der Waals surface area contributed by atoms with Crippen molar-refractivity contribution >= 4 is 23.5 Å². The van der Waals surface area contributed by atoms with E-state index in [0.29, 0.717) is 12.1 Å². The van der Waals surface area contributed by atoms with Gasteiger partial charge in [0, 0.05) is 23.6 Å². The topological polar surface area (TPSA) is 101 Å². The molecule has 0 atom stereocenters. The molecule has 0 aliphatic heterocycles. The number of thioether (sulfide) groups is 2. The van der Waals surface area contributed by atoms with Gasteiger partial charge < -0.3 is 0 Å². The molecule has 146 valence electrons. The molecule has 0 spiro atoms. The van der Waals surface area contributed by atoms with Gasteiger partial charge in [-0.25, -0.2) is 19.8 Å². The minimum absolute atomic E-state index is 0.115. The smallest absolute Gasteiger partial charge is 0.267 e. The van der Waals surface area contributed by atoms with Crippen LogP contribution in [0.25, 0.3) is 0 Å². The number of nitrogens with one attached hydrogen (secondary N) is 2. The molecule has 10 heteroatoms. The number of rotatable bonds is 8. The summed E-state index contributed by atoms with van der Waals surface area (Å²) in [6.07, 6.45) is 4.22. The molecule has 0 saturated heterocycles. The fourth-order valence-corrected chi connectivity index (χ4v) is 5.11. The number of aromatic nitrogens is 6. The average Bonchev–Trinajstić information content (AvgIpc) is 3.63. The maximum absolute atomic E-state index is 11.9. The molecule has 2 saturated carbocycles. The molecule has 2 N–H and O–H groups in total. The van der Waals surface area contributed by atoms with Crippen LogP contribution >= 0.6 is 23.5 Å². The highest BCUT2D eigenvalue weighted by Gasteiger charge is 2.29. The van der Waals surface area contributed by atoms with Crippen molar-refractivity contribution in [1.82, 2.24) is 29.5 Å². The zero-order chi connectivity index (χ0) is 19.1. The third kappa shape index (κ3) is 3.70. The first-order valence-corrected chi connectivity index (χ1v) is 11.3. The number of aromatic amines is 2.